The Morgan fingerprint density at radius 1 is 1.13 bits per heavy atom. The number of aryl methyl sites for hydroxylation is 1. The van der Waals surface area contributed by atoms with Crippen LogP contribution in [-0.4, -0.2) is 26.7 Å². The lowest BCUT2D eigenvalue weighted by atomic mass is 10.1. The number of hydrogen-bond acceptors (Lipinski definition) is 6. The van der Waals surface area contributed by atoms with Gasteiger partial charge in [-0.2, -0.15) is 13.2 Å². The third-order valence-corrected chi connectivity index (χ3v) is 5.84. The second-order valence-corrected chi connectivity index (χ2v) is 8.08. The molecule has 164 valence electrons. The highest BCUT2D eigenvalue weighted by molar-refractivity contribution is 7.92. The first-order chi connectivity index (χ1) is 14.5. The van der Waals surface area contributed by atoms with Crippen LogP contribution in [0.2, 0.25) is 0 Å². The standard InChI is InChI=1S/C20H17F3N2O5S/c1-3-12-4-5-14(16-11-18(30-24-16)20(21,22)23)10-17(12)31(27,28)25-15-8-6-13(7-9-15)19(26)29-2/h4-11,25H,3H2,1-2H3. The zero-order valence-electron chi connectivity index (χ0n) is 16.4. The van der Waals surface area contributed by atoms with Gasteiger partial charge in [-0.15, -0.1) is 0 Å². The summed E-state index contributed by atoms with van der Waals surface area (Å²) in [5, 5.41) is 3.40. The summed E-state index contributed by atoms with van der Waals surface area (Å²) >= 11 is 0. The molecular weight excluding hydrogens is 437 g/mol. The van der Waals surface area contributed by atoms with Gasteiger partial charge in [-0.25, -0.2) is 13.2 Å². The number of anilines is 1. The zero-order chi connectivity index (χ0) is 22.8. The Bertz CT molecular complexity index is 1200. The van der Waals surface area contributed by atoms with Crippen LogP contribution < -0.4 is 4.72 Å². The van der Waals surface area contributed by atoms with Crippen molar-refractivity contribution in [3.05, 3.63) is 65.4 Å². The van der Waals surface area contributed by atoms with E-state index in [9.17, 15) is 26.4 Å². The molecule has 1 N–H and O–H groups in total. The Labute approximate surface area is 175 Å². The molecular formula is C20H17F3N2O5S. The van der Waals surface area contributed by atoms with E-state index in [2.05, 4.69) is 19.1 Å². The molecule has 11 heteroatoms. The van der Waals surface area contributed by atoms with Crippen molar-refractivity contribution < 1.29 is 35.6 Å². The van der Waals surface area contributed by atoms with E-state index in [1.807, 2.05) is 0 Å². The van der Waals surface area contributed by atoms with E-state index in [4.69, 9.17) is 0 Å². The Morgan fingerprint density at radius 3 is 2.35 bits per heavy atom. The molecule has 31 heavy (non-hydrogen) atoms. The number of nitrogens with zero attached hydrogens (tertiary/aromatic N) is 1. The number of alkyl halides is 3. The van der Waals surface area contributed by atoms with Gasteiger partial charge in [0.2, 0.25) is 5.76 Å². The number of carbonyl (C=O) groups excluding carboxylic acids is 1. The summed E-state index contributed by atoms with van der Waals surface area (Å²) < 4.78 is 75.6. The van der Waals surface area contributed by atoms with Gasteiger partial charge in [-0.1, -0.05) is 24.2 Å². The molecule has 0 fully saturated rings. The highest BCUT2D eigenvalue weighted by Gasteiger charge is 2.36. The number of aromatic nitrogens is 1. The molecule has 0 saturated heterocycles. The lowest BCUT2D eigenvalue weighted by Gasteiger charge is -2.13. The zero-order valence-corrected chi connectivity index (χ0v) is 17.2. The molecule has 0 aliphatic heterocycles. The Hall–Kier alpha value is -3.34. The minimum Gasteiger partial charge on any atom is -0.465 e. The molecule has 1 heterocycles. The van der Waals surface area contributed by atoms with Gasteiger partial charge in [-0.3, -0.25) is 4.72 Å². The topological polar surface area (TPSA) is 98.5 Å². The molecule has 0 saturated carbocycles. The molecule has 0 aliphatic rings. The number of methoxy groups -OCH3 is 1. The van der Waals surface area contributed by atoms with Gasteiger partial charge in [-0.05, 0) is 42.3 Å². The minimum absolute atomic E-state index is 0.110. The van der Waals surface area contributed by atoms with E-state index in [1.165, 1.54) is 49.6 Å². The van der Waals surface area contributed by atoms with E-state index >= 15 is 0 Å². The molecule has 1 aromatic heterocycles. The number of carbonyl (C=O) groups is 1. The van der Waals surface area contributed by atoms with Gasteiger partial charge < -0.3 is 9.26 Å². The van der Waals surface area contributed by atoms with Crippen molar-refractivity contribution >= 4 is 21.7 Å². The lowest BCUT2D eigenvalue weighted by Crippen LogP contribution is -2.15. The fraction of sp³-hybridized carbons (Fsp3) is 0.200. The second-order valence-electron chi connectivity index (χ2n) is 6.42. The Balaban J connectivity index is 1.95. The van der Waals surface area contributed by atoms with Crippen LogP contribution in [-0.2, 0) is 27.4 Å². The molecule has 0 unspecified atom stereocenters. The first kappa shape index (κ1) is 22.3. The van der Waals surface area contributed by atoms with Gasteiger partial charge >= 0.3 is 12.1 Å². The predicted molar refractivity (Wildman–Crippen MR) is 105 cm³/mol. The molecule has 3 aromatic rings. The normalized spacial score (nSPS) is 11.9. The molecule has 0 spiro atoms. The monoisotopic (exact) mass is 454 g/mol. The van der Waals surface area contributed by atoms with Crippen molar-refractivity contribution in [1.29, 1.82) is 0 Å². The van der Waals surface area contributed by atoms with Crippen molar-refractivity contribution in [2.75, 3.05) is 11.8 Å². The molecule has 0 radical (unpaired) electrons. The molecule has 0 atom stereocenters. The number of benzene rings is 2. The van der Waals surface area contributed by atoms with Crippen LogP contribution in [0.5, 0.6) is 0 Å². The van der Waals surface area contributed by atoms with E-state index in [0.29, 0.717) is 18.1 Å². The molecule has 7 nitrogen and oxygen atoms in total. The number of hydrogen-bond donors (Lipinski definition) is 1. The summed E-state index contributed by atoms with van der Waals surface area (Å²) in [4.78, 5) is 11.4. The smallest absolute Gasteiger partial charge is 0.452 e. The third kappa shape index (κ3) is 4.88. The van der Waals surface area contributed by atoms with Gasteiger partial charge in [0.05, 0.1) is 17.6 Å². The number of sulfonamides is 1. The SMILES string of the molecule is CCc1ccc(-c2cc(C(F)(F)F)on2)cc1S(=O)(=O)Nc1ccc(C(=O)OC)cc1. The van der Waals surface area contributed by atoms with Crippen molar-refractivity contribution in [2.45, 2.75) is 24.4 Å². The Morgan fingerprint density at radius 2 is 1.81 bits per heavy atom. The summed E-state index contributed by atoms with van der Waals surface area (Å²) in [5.41, 5.74) is 0.905. The van der Waals surface area contributed by atoms with Crippen LogP contribution in [0.3, 0.4) is 0 Å². The first-order valence-corrected chi connectivity index (χ1v) is 10.4. The maximum absolute atomic E-state index is 13.0. The van der Waals surface area contributed by atoms with E-state index < -0.39 is 27.9 Å². The summed E-state index contributed by atoms with van der Waals surface area (Å²) in [6.07, 6.45) is -4.34. The number of nitrogens with one attached hydrogen (secondary N) is 1. The highest BCUT2D eigenvalue weighted by Crippen LogP contribution is 2.33. The largest absolute Gasteiger partial charge is 0.465 e. The molecule has 2 aromatic carbocycles. The maximum Gasteiger partial charge on any atom is 0.452 e. The third-order valence-electron chi connectivity index (χ3n) is 4.38. The fourth-order valence-corrected chi connectivity index (χ4v) is 4.20. The lowest BCUT2D eigenvalue weighted by molar-refractivity contribution is -0.155. The second kappa shape index (κ2) is 8.42. The van der Waals surface area contributed by atoms with Crippen molar-refractivity contribution in [3.8, 4) is 11.3 Å². The molecule has 3 rings (SSSR count). The van der Waals surface area contributed by atoms with Gasteiger partial charge in [0.1, 0.15) is 5.69 Å². The van der Waals surface area contributed by atoms with Gasteiger partial charge in [0.15, 0.2) is 0 Å². The average Bonchev–Trinajstić information content (AvgIpc) is 3.24. The van der Waals surface area contributed by atoms with Crippen LogP contribution in [0.1, 0.15) is 28.6 Å². The van der Waals surface area contributed by atoms with E-state index in [0.717, 1.165) is 0 Å². The van der Waals surface area contributed by atoms with Gasteiger partial charge in [0, 0.05) is 17.3 Å². The van der Waals surface area contributed by atoms with E-state index in [1.54, 1.807) is 6.92 Å². The van der Waals surface area contributed by atoms with Crippen LogP contribution >= 0.6 is 0 Å². The number of esters is 1. The summed E-state index contributed by atoms with van der Waals surface area (Å²) in [7, 11) is -2.87. The minimum atomic E-state index is -4.71. The molecule has 0 bridgehead atoms. The van der Waals surface area contributed by atoms with Crippen LogP contribution in [0.15, 0.2) is 57.9 Å². The predicted octanol–water partition coefficient (Wildman–Crippen LogP) is 4.51. The quantitative estimate of drug-likeness (QED) is 0.551. The fourth-order valence-electron chi connectivity index (χ4n) is 2.80. The highest BCUT2D eigenvalue weighted by atomic mass is 32.2. The van der Waals surface area contributed by atoms with Crippen LogP contribution in [0.4, 0.5) is 18.9 Å². The van der Waals surface area contributed by atoms with Crippen LogP contribution in [0.25, 0.3) is 11.3 Å². The van der Waals surface area contributed by atoms with Crippen molar-refractivity contribution in [1.82, 2.24) is 5.16 Å². The molecule has 0 aliphatic carbocycles. The molecule has 0 amide bonds. The summed E-state index contributed by atoms with van der Waals surface area (Å²) in [5.74, 6) is -1.85. The Kier molecular flexibility index (Phi) is 6.07. The maximum atomic E-state index is 13.0. The number of rotatable bonds is 6. The van der Waals surface area contributed by atoms with Crippen molar-refractivity contribution in [2.24, 2.45) is 0 Å². The summed E-state index contributed by atoms with van der Waals surface area (Å²) in [6.45, 7) is 1.75. The van der Waals surface area contributed by atoms with E-state index in [-0.39, 0.29) is 27.4 Å². The average molecular weight is 454 g/mol. The van der Waals surface area contributed by atoms with Crippen LogP contribution in [0, 0.1) is 0 Å². The number of ether oxygens (including phenoxy) is 1. The number of halogens is 3. The first-order valence-electron chi connectivity index (χ1n) is 8.93. The van der Waals surface area contributed by atoms with Crippen molar-refractivity contribution in [3.63, 3.8) is 0 Å². The van der Waals surface area contributed by atoms with Gasteiger partial charge in [0.25, 0.3) is 10.0 Å². The summed E-state index contributed by atoms with van der Waals surface area (Å²) in [6, 6.07) is 10.5.